The van der Waals surface area contributed by atoms with Gasteiger partial charge in [-0.3, -0.25) is 0 Å². The zero-order valence-corrected chi connectivity index (χ0v) is 16.5. The molecule has 0 fully saturated rings. The van der Waals surface area contributed by atoms with Crippen molar-refractivity contribution in [2.45, 2.75) is 55.4 Å². The summed E-state index contributed by atoms with van der Waals surface area (Å²) in [7, 11) is 0. The Kier molecular flexibility index (Phi) is 8.14. The van der Waals surface area contributed by atoms with E-state index < -0.39 is 0 Å². The molecule has 115 valence electrons. The summed E-state index contributed by atoms with van der Waals surface area (Å²) in [4.78, 5) is 0. The van der Waals surface area contributed by atoms with Gasteiger partial charge in [-0.1, -0.05) is 35.4 Å². The van der Waals surface area contributed by atoms with Gasteiger partial charge in [-0.15, -0.1) is 0 Å². The van der Waals surface area contributed by atoms with Crippen molar-refractivity contribution in [3.63, 3.8) is 0 Å². The zero-order chi connectivity index (χ0) is 15.4. The Morgan fingerprint density at radius 2 is 0.619 bits per heavy atom. The van der Waals surface area contributed by atoms with Gasteiger partial charge in [0.25, 0.3) is 0 Å². The topological polar surface area (TPSA) is 0 Å². The average Bonchev–Trinajstić information content (AvgIpc) is 2.33. The van der Waals surface area contributed by atoms with Crippen LogP contribution < -0.4 is 0 Å². The van der Waals surface area contributed by atoms with Crippen molar-refractivity contribution in [2.75, 3.05) is 0 Å². The first-order valence-corrected chi connectivity index (χ1v) is 7.31. The Labute approximate surface area is 144 Å². The quantitative estimate of drug-likeness (QED) is 0.550. The second-order valence-corrected chi connectivity index (χ2v) is 6.05. The van der Waals surface area contributed by atoms with Crippen LogP contribution in [0.3, 0.4) is 0 Å². The van der Waals surface area contributed by atoms with Gasteiger partial charge >= 0.3 is 0 Å². The summed E-state index contributed by atoms with van der Waals surface area (Å²) in [6, 6.07) is 8.90. The first kappa shape index (κ1) is 20.1. The third kappa shape index (κ3) is 5.77. The number of hydrogen-bond acceptors (Lipinski definition) is 0. The van der Waals surface area contributed by atoms with Gasteiger partial charge < -0.3 is 0 Å². The summed E-state index contributed by atoms with van der Waals surface area (Å²) in [6.07, 6.45) is 0. The smallest absolute Gasteiger partial charge is 0 e. The fourth-order valence-electron chi connectivity index (χ4n) is 2.50. The molecule has 0 amide bonds. The maximum Gasteiger partial charge on any atom is 0 e. The van der Waals surface area contributed by atoms with Gasteiger partial charge in [-0.05, 0) is 88.8 Å². The Hall–Kier alpha value is -0.911. The molecule has 0 aliphatic rings. The van der Waals surface area contributed by atoms with E-state index in [0.29, 0.717) is 0 Å². The zero-order valence-electron chi connectivity index (χ0n) is 14.7. The predicted octanol–water partition coefficient (Wildman–Crippen LogP) is 5.84. The molecule has 0 bridgehead atoms. The molecule has 2 aromatic carbocycles. The van der Waals surface area contributed by atoms with E-state index in [-0.39, 0.29) is 20.1 Å². The first-order valence-electron chi connectivity index (χ1n) is 7.31. The Morgan fingerprint density at radius 3 is 0.810 bits per heavy atom. The normalized spacial score (nSPS) is 9.52. The molecule has 0 atom stereocenters. The van der Waals surface area contributed by atoms with Gasteiger partial charge in [-0.25, -0.2) is 0 Å². The molecule has 1 heteroatoms. The fourth-order valence-corrected chi connectivity index (χ4v) is 2.50. The van der Waals surface area contributed by atoms with E-state index in [1.165, 1.54) is 44.5 Å². The van der Waals surface area contributed by atoms with E-state index in [2.05, 4.69) is 79.7 Å². The van der Waals surface area contributed by atoms with E-state index in [4.69, 9.17) is 0 Å². The van der Waals surface area contributed by atoms with Crippen molar-refractivity contribution < 1.29 is 20.1 Å². The van der Waals surface area contributed by atoms with Gasteiger partial charge in [0.1, 0.15) is 0 Å². The van der Waals surface area contributed by atoms with Crippen molar-refractivity contribution in [1.82, 2.24) is 0 Å². The first-order chi connectivity index (χ1) is 9.22. The molecule has 0 saturated heterocycles. The monoisotopic (exact) mass is 365 g/mol. The summed E-state index contributed by atoms with van der Waals surface area (Å²) in [5.41, 5.74) is 11.2. The molecule has 0 unspecified atom stereocenters. The Balaban J connectivity index is 0.000000364. The van der Waals surface area contributed by atoms with Crippen LogP contribution in [0.15, 0.2) is 24.3 Å². The number of benzene rings is 2. The van der Waals surface area contributed by atoms with Crippen molar-refractivity contribution in [3.05, 3.63) is 68.8 Å². The predicted molar refractivity (Wildman–Crippen MR) is 90.8 cm³/mol. The molecule has 2 rings (SSSR count). The van der Waals surface area contributed by atoms with Crippen LogP contribution in [-0.2, 0) is 20.1 Å². The molecule has 0 saturated carbocycles. The Morgan fingerprint density at radius 1 is 0.429 bits per heavy atom. The van der Waals surface area contributed by atoms with Crippen LogP contribution in [-0.4, -0.2) is 0 Å². The standard InChI is InChI=1S/2C10H14.Tc/c2*1-7-5-8(2)10(4)9(3)6-7;/h2*5-6H,1-4H3;. The fraction of sp³-hybridized carbons (Fsp3) is 0.400. The molecule has 0 aromatic heterocycles. The van der Waals surface area contributed by atoms with E-state index in [1.54, 1.807) is 0 Å². The molecule has 0 heterocycles. The maximum atomic E-state index is 2.22. The molecular weight excluding hydrogens is 338 g/mol. The van der Waals surface area contributed by atoms with E-state index in [1.807, 2.05) is 0 Å². The largest absolute Gasteiger partial charge is 0.0561 e. The minimum Gasteiger partial charge on any atom is -0.0561 e. The van der Waals surface area contributed by atoms with E-state index >= 15 is 0 Å². The van der Waals surface area contributed by atoms with Crippen molar-refractivity contribution >= 4 is 0 Å². The van der Waals surface area contributed by atoms with Crippen LogP contribution >= 0.6 is 0 Å². The van der Waals surface area contributed by atoms with Crippen molar-refractivity contribution in [2.24, 2.45) is 0 Å². The molecular formula is C20H28Tc. The second kappa shape index (κ2) is 8.51. The molecule has 1 radical (unpaired) electrons. The molecule has 0 N–H and O–H groups in total. The average molecular weight is 366 g/mol. The molecule has 0 aliphatic heterocycles. The summed E-state index contributed by atoms with van der Waals surface area (Å²) >= 11 is 0. The third-order valence-corrected chi connectivity index (χ3v) is 4.14. The summed E-state index contributed by atoms with van der Waals surface area (Å²) < 4.78 is 0. The number of hydrogen-bond donors (Lipinski definition) is 0. The van der Waals surface area contributed by atoms with Crippen LogP contribution in [0.1, 0.15) is 44.5 Å². The third-order valence-electron chi connectivity index (χ3n) is 4.14. The number of rotatable bonds is 0. The minimum absolute atomic E-state index is 0. The van der Waals surface area contributed by atoms with Gasteiger partial charge in [0, 0.05) is 20.1 Å². The summed E-state index contributed by atoms with van der Waals surface area (Å²) in [5.74, 6) is 0. The van der Waals surface area contributed by atoms with Crippen LogP contribution in [0.4, 0.5) is 0 Å². The molecule has 0 nitrogen and oxygen atoms in total. The van der Waals surface area contributed by atoms with E-state index in [9.17, 15) is 0 Å². The van der Waals surface area contributed by atoms with Gasteiger partial charge in [0.2, 0.25) is 0 Å². The van der Waals surface area contributed by atoms with Crippen LogP contribution in [0.2, 0.25) is 0 Å². The van der Waals surface area contributed by atoms with Crippen molar-refractivity contribution in [3.8, 4) is 0 Å². The van der Waals surface area contributed by atoms with Crippen LogP contribution in [0.5, 0.6) is 0 Å². The summed E-state index contributed by atoms with van der Waals surface area (Å²) in [6.45, 7) is 17.3. The second-order valence-electron chi connectivity index (χ2n) is 6.05. The molecule has 2 aromatic rings. The molecule has 0 spiro atoms. The summed E-state index contributed by atoms with van der Waals surface area (Å²) in [5, 5.41) is 0. The van der Waals surface area contributed by atoms with E-state index in [0.717, 1.165) is 0 Å². The van der Waals surface area contributed by atoms with Gasteiger partial charge in [-0.2, -0.15) is 0 Å². The van der Waals surface area contributed by atoms with Crippen molar-refractivity contribution in [1.29, 1.82) is 0 Å². The molecule has 0 aliphatic carbocycles. The van der Waals surface area contributed by atoms with Gasteiger partial charge in [0.05, 0.1) is 0 Å². The molecule has 21 heavy (non-hydrogen) atoms. The Bertz CT molecular complexity index is 508. The van der Waals surface area contributed by atoms with Gasteiger partial charge in [0.15, 0.2) is 0 Å². The SMILES string of the molecule is Cc1cc(C)c(C)c(C)c1.Cc1cc(C)c(C)c(C)c1.[Tc]. The van der Waals surface area contributed by atoms with Crippen LogP contribution in [0.25, 0.3) is 0 Å². The minimum atomic E-state index is 0. The maximum absolute atomic E-state index is 2.22. The van der Waals surface area contributed by atoms with Crippen LogP contribution in [0, 0.1) is 55.4 Å². The number of aryl methyl sites for hydroxylation is 6.